The number of aromatic amines is 1. The van der Waals surface area contributed by atoms with Gasteiger partial charge in [0.15, 0.2) is 11.3 Å². The molecule has 120 valence electrons. The van der Waals surface area contributed by atoms with Gasteiger partial charge in [-0.05, 0) is 18.6 Å². The predicted octanol–water partition coefficient (Wildman–Crippen LogP) is 1.23. The monoisotopic (exact) mass is 313 g/mol. The van der Waals surface area contributed by atoms with Crippen LogP contribution in [0.25, 0.3) is 22.6 Å². The van der Waals surface area contributed by atoms with Crippen LogP contribution >= 0.6 is 0 Å². The van der Waals surface area contributed by atoms with Gasteiger partial charge in [0.25, 0.3) is 0 Å². The predicted molar refractivity (Wildman–Crippen MR) is 89.6 cm³/mol. The lowest BCUT2D eigenvalue weighted by Gasteiger charge is -2.13. The smallest absolute Gasteiger partial charge is 0.328 e. The summed E-state index contributed by atoms with van der Waals surface area (Å²) < 4.78 is 1.51. The Morgan fingerprint density at radius 1 is 1.35 bits per heavy atom. The maximum atomic E-state index is 12.0. The molecule has 0 saturated heterocycles. The number of aromatic nitrogens is 4. The number of hydrogen-bond acceptors (Lipinski definition) is 5. The largest absolute Gasteiger partial charge is 0.396 e. The van der Waals surface area contributed by atoms with E-state index in [2.05, 4.69) is 15.0 Å². The van der Waals surface area contributed by atoms with E-state index in [1.54, 1.807) is 6.20 Å². The van der Waals surface area contributed by atoms with Crippen LogP contribution in [-0.2, 0) is 6.54 Å². The SMILES string of the molecule is CN(C)c1cccc(-c2cnc3[nH]c(=O)n(CCCO)c3n2)c1. The van der Waals surface area contributed by atoms with Gasteiger partial charge in [0.1, 0.15) is 0 Å². The maximum Gasteiger partial charge on any atom is 0.328 e. The van der Waals surface area contributed by atoms with Gasteiger partial charge in [-0.2, -0.15) is 0 Å². The summed E-state index contributed by atoms with van der Waals surface area (Å²) in [5.41, 5.74) is 3.42. The number of hydrogen-bond donors (Lipinski definition) is 2. The Hall–Kier alpha value is -2.67. The van der Waals surface area contributed by atoms with E-state index in [0.717, 1.165) is 11.3 Å². The van der Waals surface area contributed by atoms with Crippen LogP contribution < -0.4 is 10.6 Å². The standard InChI is InChI=1S/C16H19N5O2/c1-20(2)12-6-3-5-11(9-12)13-10-17-14-15(18-13)21(7-4-8-22)16(23)19-14/h3,5-6,9-10,22H,4,7-8H2,1-2H3,(H,17,19,23). The third kappa shape index (κ3) is 2.95. The highest BCUT2D eigenvalue weighted by Gasteiger charge is 2.11. The molecule has 2 N–H and O–H groups in total. The summed E-state index contributed by atoms with van der Waals surface area (Å²) >= 11 is 0. The Morgan fingerprint density at radius 3 is 2.91 bits per heavy atom. The van der Waals surface area contributed by atoms with E-state index in [0.29, 0.717) is 30.0 Å². The molecule has 0 atom stereocenters. The second kappa shape index (κ2) is 6.21. The normalized spacial score (nSPS) is 11.1. The molecule has 0 radical (unpaired) electrons. The van der Waals surface area contributed by atoms with Crippen LogP contribution in [-0.4, -0.2) is 45.3 Å². The van der Waals surface area contributed by atoms with Gasteiger partial charge >= 0.3 is 5.69 Å². The van der Waals surface area contributed by atoms with E-state index in [9.17, 15) is 4.79 Å². The van der Waals surface area contributed by atoms with Crippen molar-refractivity contribution in [3.8, 4) is 11.3 Å². The molecule has 0 aliphatic carbocycles. The average molecular weight is 313 g/mol. The molecule has 0 bridgehead atoms. The van der Waals surface area contributed by atoms with E-state index >= 15 is 0 Å². The van der Waals surface area contributed by atoms with Gasteiger partial charge in [0.2, 0.25) is 0 Å². The molecule has 0 saturated carbocycles. The Kier molecular flexibility index (Phi) is 4.12. The lowest BCUT2D eigenvalue weighted by molar-refractivity contribution is 0.280. The molecule has 3 aromatic rings. The third-order valence-electron chi connectivity index (χ3n) is 3.68. The first-order chi connectivity index (χ1) is 11.1. The van der Waals surface area contributed by atoms with Crippen molar-refractivity contribution in [3.05, 3.63) is 40.9 Å². The van der Waals surface area contributed by atoms with Crippen molar-refractivity contribution in [3.63, 3.8) is 0 Å². The summed E-state index contributed by atoms with van der Waals surface area (Å²) in [6, 6.07) is 7.97. The van der Waals surface area contributed by atoms with Crippen LogP contribution in [0.4, 0.5) is 5.69 Å². The van der Waals surface area contributed by atoms with E-state index in [1.165, 1.54) is 4.57 Å². The number of aliphatic hydroxyl groups is 1. The number of nitrogens with zero attached hydrogens (tertiary/aromatic N) is 4. The summed E-state index contributed by atoms with van der Waals surface area (Å²) in [5.74, 6) is 0. The van der Waals surface area contributed by atoms with E-state index in [1.807, 2.05) is 43.3 Å². The molecule has 23 heavy (non-hydrogen) atoms. The molecule has 0 aliphatic heterocycles. The number of anilines is 1. The fourth-order valence-corrected chi connectivity index (χ4v) is 2.44. The Labute approximate surface area is 133 Å². The van der Waals surface area contributed by atoms with Crippen molar-refractivity contribution in [1.82, 2.24) is 19.5 Å². The van der Waals surface area contributed by atoms with Crippen molar-refractivity contribution < 1.29 is 5.11 Å². The van der Waals surface area contributed by atoms with E-state index in [-0.39, 0.29) is 12.3 Å². The molecule has 2 aromatic heterocycles. The number of H-pyrrole nitrogens is 1. The number of fused-ring (bicyclic) bond motifs is 1. The number of nitrogens with one attached hydrogen (secondary N) is 1. The summed E-state index contributed by atoms with van der Waals surface area (Å²) in [5, 5.41) is 8.98. The molecule has 2 heterocycles. The highest BCUT2D eigenvalue weighted by molar-refractivity contribution is 5.72. The van der Waals surface area contributed by atoms with Crippen LogP contribution in [0.2, 0.25) is 0 Å². The summed E-state index contributed by atoms with van der Waals surface area (Å²) in [4.78, 5) is 25.6. The van der Waals surface area contributed by atoms with Gasteiger partial charge in [-0.15, -0.1) is 0 Å². The number of aryl methyl sites for hydroxylation is 1. The van der Waals surface area contributed by atoms with Gasteiger partial charge in [-0.1, -0.05) is 12.1 Å². The Morgan fingerprint density at radius 2 is 2.17 bits per heavy atom. The molecule has 0 amide bonds. The van der Waals surface area contributed by atoms with Crippen molar-refractivity contribution >= 4 is 17.0 Å². The van der Waals surface area contributed by atoms with Gasteiger partial charge < -0.3 is 10.0 Å². The lowest BCUT2D eigenvalue weighted by atomic mass is 10.1. The zero-order valence-corrected chi connectivity index (χ0v) is 13.2. The van der Waals surface area contributed by atoms with Crippen molar-refractivity contribution in [2.45, 2.75) is 13.0 Å². The second-order valence-electron chi connectivity index (χ2n) is 5.53. The fourth-order valence-electron chi connectivity index (χ4n) is 2.44. The molecule has 7 heteroatoms. The molecular formula is C16H19N5O2. The number of benzene rings is 1. The zero-order valence-electron chi connectivity index (χ0n) is 13.2. The van der Waals surface area contributed by atoms with E-state index in [4.69, 9.17) is 5.11 Å². The topological polar surface area (TPSA) is 87.0 Å². The van der Waals surface area contributed by atoms with Crippen molar-refractivity contribution in [2.75, 3.05) is 25.6 Å². The molecule has 1 aromatic carbocycles. The minimum Gasteiger partial charge on any atom is -0.396 e. The van der Waals surface area contributed by atoms with Gasteiger partial charge in [0.05, 0.1) is 11.9 Å². The first-order valence-corrected chi connectivity index (χ1v) is 7.44. The van der Waals surface area contributed by atoms with Gasteiger partial charge in [-0.25, -0.2) is 14.8 Å². The lowest BCUT2D eigenvalue weighted by Crippen LogP contribution is -2.17. The zero-order chi connectivity index (χ0) is 16.4. The molecule has 0 fully saturated rings. The Bertz CT molecular complexity index is 882. The number of rotatable bonds is 5. The minimum absolute atomic E-state index is 0.0249. The molecular weight excluding hydrogens is 294 g/mol. The summed E-state index contributed by atoms with van der Waals surface area (Å²) in [7, 11) is 3.96. The first kappa shape index (κ1) is 15.2. The Balaban J connectivity index is 2.09. The van der Waals surface area contributed by atoms with E-state index < -0.39 is 0 Å². The van der Waals surface area contributed by atoms with Crippen molar-refractivity contribution in [2.24, 2.45) is 0 Å². The highest BCUT2D eigenvalue weighted by atomic mass is 16.3. The van der Waals surface area contributed by atoms with Crippen molar-refractivity contribution in [1.29, 1.82) is 0 Å². The quantitative estimate of drug-likeness (QED) is 0.740. The summed E-state index contributed by atoms with van der Waals surface area (Å²) in [6.45, 7) is 0.433. The van der Waals surface area contributed by atoms with Crippen LogP contribution in [0.1, 0.15) is 6.42 Å². The van der Waals surface area contributed by atoms with Gasteiger partial charge in [-0.3, -0.25) is 9.55 Å². The van der Waals surface area contributed by atoms with Crippen LogP contribution in [0.3, 0.4) is 0 Å². The average Bonchev–Trinajstić information content (AvgIpc) is 2.87. The highest BCUT2D eigenvalue weighted by Crippen LogP contribution is 2.22. The molecule has 3 rings (SSSR count). The molecule has 0 spiro atoms. The summed E-state index contributed by atoms with van der Waals surface area (Å²) in [6.07, 6.45) is 2.15. The first-order valence-electron chi connectivity index (χ1n) is 7.44. The molecule has 0 unspecified atom stereocenters. The molecule has 0 aliphatic rings. The van der Waals surface area contributed by atoms with Crippen LogP contribution in [0.15, 0.2) is 35.3 Å². The van der Waals surface area contributed by atoms with Gasteiger partial charge in [0, 0.05) is 38.5 Å². The third-order valence-corrected chi connectivity index (χ3v) is 3.68. The number of imidazole rings is 1. The maximum absolute atomic E-state index is 12.0. The van der Waals surface area contributed by atoms with Crippen LogP contribution in [0, 0.1) is 0 Å². The fraction of sp³-hybridized carbons (Fsp3) is 0.312. The minimum atomic E-state index is -0.257. The van der Waals surface area contributed by atoms with Crippen LogP contribution in [0.5, 0.6) is 0 Å². The number of aliphatic hydroxyl groups excluding tert-OH is 1. The molecule has 7 nitrogen and oxygen atoms in total. The second-order valence-corrected chi connectivity index (χ2v) is 5.53.